The minimum atomic E-state index is -0.0544. The summed E-state index contributed by atoms with van der Waals surface area (Å²) in [5, 5.41) is 5.47. The third-order valence-corrected chi connectivity index (χ3v) is 5.83. The molecule has 0 saturated carbocycles. The molecular formula is C15H15N5OS. The number of fused-ring (bicyclic) bond motifs is 5. The van der Waals surface area contributed by atoms with Crippen molar-refractivity contribution in [3.63, 3.8) is 0 Å². The number of thiophene rings is 1. The van der Waals surface area contributed by atoms with Crippen LogP contribution in [0.15, 0.2) is 6.33 Å². The highest BCUT2D eigenvalue weighted by molar-refractivity contribution is 7.19. The Morgan fingerprint density at radius 2 is 2.05 bits per heavy atom. The SMILES string of the molecule is O=C(c1nc2c3c4c(sc3ncn2n1)CCC4)N1CCCC1. The van der Waals surface area contributed by atoms with E-state index in [1.54, 1.807) is 22.2 Å². The van der Waals surface area contributed by atoms with Crippen molar-refractivity contribution in [3.05, 3.63) is 22.6 Å². The van der Waals surface area contributed by atoms with Crippen molar-refractivity contribution in [2.75, 3.05) is 13.1 Å². The molecule has 3 aromatic rings. The fraction of sp³-hybridized carbons (Fsp3) is 0.467. The van der Waals surface area contributed by atoms with Crippen LogP contribution in [0.25, 0.3) is 15.9 Å². The van der Waals surface area contributed by atoms with Crippen molar-refractivity contribution in [3.8, 4) is 0 Å². The van der Waals surface area contributed by atoms with Gasteiger partial charge in [-0.3, -0.25) is 4.79 Å². The molecule has 1 aliphatic heterocycles. The first-order chi connectivity index (χ1) is 10.8. The van der Waals surface area contributed by atoms with Gasteiger partial charge in [0, 0.05) is 18.0 Å². The summed E-state index contributed by atoms with van der Waals surface area (Å²) in [6.07, 6.45) is 7.24. The van der Waals surface area contributed by atoms with Crippen LogP contribution in [0.2, 0.25) is 0 Å². The van der Waals surface area contributed by atoms with Gasteiger partial charge in [-0.1, -0.05) is 0 Å². The van der Waals surface area contributed by atoms with Gasteiger partial charge in [0.05, 0.1) is 5.39 Å². The van der Waals surface area contributed by atoms with E-state index in [1.165, 1.54) is 16.9 Å². The monoisotopic (exact) mass is 313 g/mol. The standard InChI is InChI=1S/C15H15N5OS/c21-15(19-6-1-2-7-19)12-17-13-11-9-4-3-5-10(9)22-14(11)16-8-20(13)18-12/h8H,1-7H2. The van der Waals surface area contributed by atoms with Crippen LogP contribution >= 0.6 is 11.3 Å². The van der Waals surface area contributed by atoms with Crippen molar-refractivity contribution >= 4 is 33.1 Å². The Morgan fingerprint density at radius 3 is 2.91 bits per heavy atom. The lowest BCUT2D eigenvalue weighted by Crippen LogP contribution is -2.28. The summed E-state index contributed by atoms with van der Waals surface area (Å²) in [6.45, 7) is 1.63. The van der Waals surface area contributed by atoms with Gasteiger partial charge in [-0.05, 0) is 37.7 Å². The maximum Gasteiger partial charge on any atom is 0.293 e. The Hall–Kier alpha value is -2.02. The van der Waals surface area contributed by atoms with E-state index in [-0.39, 0.29) is 5.91 Å². The molecule has 4 heterocycles. The van der Waals surface area contributed by atoms with Gasteiger partial charge in [-0.2, -0.15) is 0 Å². The second-order valence-electron chi connectivity index (χ2n) is 5.98. The van der Waals surface area contributed by atoms with E-state index in [4.69, 9.17) is 0 Å². The van der Waals surface area contributed by atoms with Crippen LogP contribution in [0, 0.1) is 0 Å². The number of hydrogen-bond donors (Lipinski definition) is 0. The van der Waals surface area contributed by atoms with Crippen LogP contribution in [0.3, 0.4) is 0 Å². The van der Waals surface area contributed by atoms with Crippen molar-refractivity contribution in [2.45, 2.75) is 32.1 Å². The summed E-state index contributed by atoms with van der Waals surface area (Å²) in [7, 11) is 0. The Kier molecular flexibility index (Phi) is 2.55. The minimum Gasteiger partial charge on any atom is -0.336 e. The zero-order valence-electron chi connectivity index (χ0n) is 12.1. The number of carbonyl (C=O) groups excluding carboxylic acids is 1. The molecule has 112 valence electrons. The van der Waals surface area contributed by atoms with Gasteiger partial charge in [0.2, 0.25) is 5.82 Å². The van der Waals surface area contributed by atoms with Gasteiger partial charge in [0.25, 0.3) is 5.91 Å². The average molecular weight is 313 g/mol. The summed E-state index contributed by atoms with van der Waals surface area (Å²) < 4.78 is 1.66. The maximum atomic E-state index is 12.5. The molecule has 0 spiro atoms. The fourth-order valence-electron chi connectivity index (χ4n) is 3.55. The lowest BCUT2D eigenvalue weighted by molar-refractivity contribution is 0.0781. The predicted molar refractivity (Wildman–Crippen MR) is 83.3 cm³/mol. The molecule has 5 rings (SSSR count). The number of hydrogen-bond acceptors (Lipinski definition) is 5. The highest BCUT2D eigenvalue weighted by Gasteiger charge is 2.26. The number of amides is 1. The first-order valence-electron chi connectivity index (χ1n) is 7.76. The molecular weight excluding hydrogens is 298 g/mol. The van der Waals surface area contributed by atoms with E-state index in [2.05, 4.69) is 15.1 Å². The van der Waals surface area contributed by atoms with Crippen molar-refractivity contribution in [1.82, 2.24) is 24.5 Å². The number of aryl methyl sites for hydroxylation is 2. The number of likely N-dealkylation sites (tertiary alicyclic amines) is 1. The number of carbonyl (C=O) groups is 1. The second-order valence-corrected chi connectivity index (χ2v) is 7.07. The number of aromatic nitrogens is 4. The molecule has 1 amide bonds. The zero-order valence-corrected chi connectivity index (χ0v) is 12.9. The van der Waals surface area contributed by atoms with Crippen molar-refractivity contribution in [2.24, 2.45) is 0 Å². The fourth-order valence-corrected chi connectivity index (χ4v) is 4.77. The molecule has 22 heavy (non-hydrogen) atoms. The summed E-state index contributed by atoms with van der Waals surface area (Å²) in [6, 6.07) is 0. The molecule has 7 heteroatoms. The van der Waals surface area contributed by atoms with E-state index in [0.29, 0.717) is 5.82 Å². The predicted octanol–water partition coefficient (Wildman–Crippen LogP) is 2.06. The number of nitrogens with zero attached hydrogens (tertiary/aromatic N) is 5. The second kappa shape index (κ2) is 4.49. The molecule has 0 atom stereocenters. The summed E-state index contributed by atoms with van der Waals surface area (Å²) in [4.78, 5) is 25.8. The van der Waals surface area contributed by atoms with Gasteiger partial charge >= 0.3 is 0 Å². The lowest BCUT2D eigenvalue weighted by Gasteiger charge is -2.11. The van der Waals surface area contributed by atoms with Crippen LogP contribution in [-0.4, -0.2) is 43.5 Å². The van der Waals surface area contributed by atoms with Gasteiger partial charge in [-0.25, -0.2) is 14.5 Å². The summed E-state index contributed by atoms with van der Waals surface area (Å²) in [5.74, 6) is 0.246. The Bertz CT molecular complexity index is 906. The largest absolute Gasteiger partial charge is 0.336 e. The van der Waals surface area contributed by atoms with E-state index in [9.17, 15) is 4.79 Å². The minimum absolute atomic E-state index is 0.0544. The van der Waals surface area contributed by atoms with Crippen LogP contribution in [0.4, 0.5) is 0 Å². The average Bonchev–Trinajstić information content (AvgIpc) is 3.26. The topological polar surface area (TPSA) is 63.4 Å². The number of rotatable bonds is 1. The molecule has 0 aromatic carbocycles. The van der Waals surface area contributed by atoms with Crippen LogP contribution in [-0.2, 0) is 12.8 Å². The molecule has 1 saturated heterocycles. The highest BCUT2D eigenvalue weighted by Crippen LogP contribution is 2.37. The van der Waals surface area contributed by atoms with Crippen molar-refractivity contribution in [1.29, 1.82) is 0 Å². The molecule has 6 nitrogen and oxygen atoms in total. The summed E-state index contributed by atoms with van der Waals surface area (Å²) in [5.41, 5.74) is 2.15. The Balaban J connectivity index is 1.69. The first-order valence-corrected chi connectivity index (χ1v) is 8.58. The highest BCUT2D eigenvalue weighted by atomic mass is 32.1. The van der Waals surface area contributed by atoms with Gasteiger partial charge in [0.15, 0.2) is 5.65 Å². The molecule has 3 aromatic heterocycles. The Labute approximate surface area is 130 Å². The molecule has 2 aliphatic rings. The molecule has 1 fully saturated rings. The van der Waals surface area contributed by atoms with Gasteiger partial charge in [-0.15, -0.1) is 16.4 Å². The van der Waals surface area contributed by atoms with Crippen molar-refractivity contribution < 1.29 is 4.79 Å². The lowest BCUT2D eigenvalue weighted by atomic mass is 10.2. The third kappa shape index (κ3) is 1.65. The van der Waals surface area contributed by atoms with Gasteiger partial charge in [0.1, 0.15) is 11.2 Å². The van der Waals surface area contributed by atoms with E-state index in [0.717, 1.165) is 54.6 Å². The van der Waals surface area contributed by atoms with Gasteiger partial charge < -0.3 is 4.90 Å². The smallest absolute Gasteiger partial charge is 0.293 e. The summed E-state index contributed by atoms with van der Waals surface area (Å²) >= 11 is 1.76. The van der Waals surface area contributed by atoms with E-state index >= 15 is 0 Å². The van der Waals surface area contributed by atoms with Crippen LogP contribution in [0.1, 0.15) is 40.3 Å². The van der Waals surface area contributed by atoms with Crippen LogP contribution in [0.5, 0.6) is 0 Å². The zero-order chi connectivity index (χ0) is 14.7. The molecule has 0 radical (unpaired) electrons. The molecule has 0 unspecified atom stereocenters. The first kappa shape index (κ1) is 12.5. The third-order valence-electron chi connectivity index (χ3n) is 4.63. The Morgan fingerprint density at radius 1 is 1.18 bits per heavy atom. The molecule has 0 N–H and O–H groups in total. The normalized spacial score (nSPS) is 17.7. The maximum absolute atomic E-state index is 12.5. The van der Waals surface area contributed by atoms with E-state index in [1.807, 2.05) is 4.90 Å². The van der Waals surface area contributed by atoms with Crippen LogP contribution < -0.4 is 0 Å². The quantitative estimate of drug-likeness (QED) is 0.690. The molecule has 1 aliphatic carbocycles. The molecule has 0 bridgehead atoms. The van der Waals surface area contributed by atoms with E-state index < -0.39 is 0 Å².